The van der Waals surface area contributed by atoms with Gasteiger partial charge in [-0.2, -0.15) is 0 Å². The Labute approximate surface area is 126 Å². The number of halogens is 1. The summed E-state index contributed by atoms with van der Waals surface area (Å²) in [6.45, 7) is 2.25. The lowest BCUT2D eigenvalue weighted by atomic mass is 9.94. The third kappa shape index (κ3) is 2.71. The second kappa shape index (κ2) is 5.57. The fourth-order valence-electron chi connectivity index (χ4n) is 3.07. The maximum Gasteiger partial charge on any atom is 0.288 e. The van der Waals surface area contributed by atoms with Crippen molar-refractivity contribution in [2.75, 3.05) is 19.6 Å². The van der Waals surface area contributed by atoms with E-state index < -0.39 is 4.92 Å². The SMILES string of the molecule is O=C(c1cc([N+](=O)[O-])cnc1Cl)N1CC2CCCNC2C1. The van der Waals surface area contributed by atoms with Gasteiger partial charge in [-0.05, 0) is 25.3 Å². The molecule has 2 fully saturated rings. The van der Waals surface area contributed by atoms with E-state index in [1.54, 1.807) is 4.90 Å². The number of pyridine rings is 1. The largest absolute Gasteiger partial charge is 0.337 e. The highest BCUT2D eigenvalue weighted by Crippen LogP contribution is 2.28. The third-order valence-electron chi connectivity index (χ3n) is 4.15. The number of nitrogens with one attached hydrogen (secondary N) is 1. The molecule has 8 heteroatoms. The quantitative estimate of drug-likeness (QED) is 0.507. The van der Waals surface area contributed by atoms with E-state index in [2.05, 4.69) is 10.3 Å². The van der Waals surface area contributed by atoms with E-state index in [9.17, 15) is 14.9 Å². The van der Waals surface area contributed by atoms with E-state index in [0.717, 1.165) is 25.6 Å². The van der Waals surface area contributed by atoms with Crippen LogP contribution in [0.25, 0.3) is 0 Å². The highest BCUT2D eigenvalue weighted by molar-refractivity contribution is 6.32. The lowest BCUT2D eigenvalue weighted by Gasteiger charge is -2.24. The Morgan fingerprint density at radius 3 is 3.05 bits per heavy atom. The minimum absolute atomic E-state index is 0.00781. The van der Waals surface area contributed by atoms with Crippen molar-refractivity contribution in [2.45, 2.75) is 18.9 Å². The van der Waals surface area contributed by atoms with Gasteiger partial charge in [0.25, 0.3) is 11.6 Å². The molecule has 2 saturated heterocycles. The Morgan fingerprint density at radius 1 is 1.52 bits per heavy atom. The van der Waals surface area contributed by atoms with Crippen LogP contribution in [0.3, 0.4) is 0 Å². The molecule has 3 rings (SSSR count). The Morgan fingerprint density at radius 2 is 2.33 bits per heavy atom. The van der Waals surface area contributed by atoms with Gasteiger partial charge in [0.1, 0.15) is 11.3 Å². The van der Waals surface area contributed by atoms with Crippen molar-refractivity contribution >= 4 is 23.2 Å². The van der Waals surface area contributed by atoms with Crippen molar-refractivity contribution < 1.29 is 9.72 Å². The molecule has 2 unspecified atom stereocenters. The zero-order valence-electron chi connectivity index (χ0n) is 11.3. The summed E-state index contributed by atoms with van der Waals surface area (Å²) in [5, 5.41) is 14.2. The number of nitrogens with zero attached hydrogens (tertiary/aromatic N) is 3. The molecule has 2 aliphatic rings. The maximum atomic E-state index is 12.5. The summed E-state index contributed by atoms with van der Waals surface area (Å²) in [7, 11) is 0. The second-order valence-electron chi connectivity index (χ2n) is 5.46. The second-order valence-corrected chi connectivity index (χ2v) is 5.82. The summed E-state index contributed by atoms with van der Waals surface area (Å²) in [6, 6.07) is 1.51. The smallest absolute Gasteiger partial charge is 0.288 e. The van der Waals surface area contributed by atoms with E-state index in [1.807, 2.05) is 0 Å². The average Bonchev–Trinajstić information content (AvgIpc) is 2.90. The van der Waals surface area contributed by atoms with Crippen molar-refractivity contribution in [3.63, 3.8) is 0 Å². The van der Waals surface area contributed by atoms with Crippen LogP contribution in [0.2, 0.25) is 5.15 Å². The molecule has 21 heavy (non-hydrogen) atoms. The van der Waals surface area contributed by atoms with E-state index in [-0.39, 0.29) is 22.3 Å². The molecule has 112 valence electrons. The van der Waals surface area contributed by atoms with Crippen LogP contribution in [0, 0.1) is 16.0 Å². The first-order chi connectivity index (χ1) is 10.1. The molecule has 0 saturated carbocycles. The molecule has 1 N–H and O–H groups in total. The Kier molecular flexibility index (Phi) is 3.77. The molecule has 2 atom stereocenters. The lowest BCUT2D eigenvalue weighted by molar-refractivity contribution is -0.385. The molecule has 0 aromatic carbocycles. The molecular formula is C13H15ClN4O3. The van der Waals surface area contributed by atoms with Gasteiger partial charge in [-0.1, -0.05) is 11.6 Å². The normalized spacial score (nSPS) is 24.7. The predicted octanol–water partition coefficient (Wildman–Crippen LogP) is 1.47. The summed E-state index contributed by atoms with van der Waals surface area (Å²) in [5.74, 6) is 0.167. The number of carbonyl (C=O) groups is 1. The topological polar surface area (TPSA) is 88.4 Å². The van der Waals surface area contributed by atoms with Crippen LogP contribution in [0.4, 0.5) is 5.69 Å². The molecule has 0 radical (unpaired) electrons. The zero-order valence-corrected chi connectivity index (χ0v) is 12.0. The molecule has 0 bridgehead atoms. The number of carbonyl (C=O) groups excluding carboxylic acids is 1. The molecule has 3 heterocycles. The summed E-state index contributed by atoms with van der Waals surface area (Å²) in [4.78, 5) is 28.2. The number of likely N-dealkylation sites (tertiary alicyclic amines) is 1. The van der Waals surface area contributed by atoms with Gasteiger partial charge in [-0.15, -0.1) is 0 Å². The van der Waals surface area contributed by atoms with Crippen LogP contribution in [-0.4, -0.2) is 46.4 Å². The van der Waals surface area contributed by atoms with E-state index >= 15 is 0 Å². The van der Waals surface area contributed by atoms with Crippen LogP contribution >= 0.6 is 11.6 Å². The Bertz CT molecular complexity index is 581. The van der Waals surface area contributed by atoms with Crippen molar-refractivity contribution in [3.8, 4) is 0 Å². The van der Waals surface area contributed by atoms with Gasteiger partial charge in [-0.25, -0.2) is 4.98 Å². The maximum absolute atomic E-state index is 12.5. The third-order valence-corrected chi connectivity index (χ3v) is 4.45. The van der Waals surface area contributed by atoms with Crippen LogP contribution in [-0.2, 0) is 0 Å². The van der Waals surface area contributed by atoms with Gasteiger partial charge in [-0.3, -0.25) is 14.9 Å². The number of nitro groups is 1. The zero-order chi connectivity index (χ0) is 15.0. The molecule has 2 aliphatic heterocycles. The molecule has 7 nitrogen and oxygen atoms in total. The van der Waals surface area contributed by atoms with Crippen LogP contribution < -0.4 is 5.32 Å². The van der Waals surface area contributed by atoms with Crippen molar-refractivity contribution in [1.29, 1.82) is 0 Å². The van der Waals surface area contributed by atoms with E-state index in [1.165, 1.54) is 6.07 Å². The van der Waals surface area contributed by atoms with Crippen molar-refractivity contribution in [1.82, 2.24) is 15.2 Å². The van der Waals surface area contributed by atoms with Gasteiger partial charge in [0.2, 0.25) is 0 Å². The van der Waals surface area contributed by atoms with Crippen LogP contribution in [0.15, 0.2) is 12.3 Å². The predicted molar refractivity (Wildman–Crippen MR) is 76.3 cm³/mol. The standard InChI is InChI=1S/C13H15ClN4O3/c14-12-10(4-9(5-16-12)18(20)21)13(19)17-6-8-2-1-3-15-11(8)7-17/h4-5,8,11,15H,1-3,6-7H2. The molecule has 0 spiro atoms. The van der Waals surface area contributed by atoms with Gasteiger partial charge in [0, 0.05) is 25.2 Å². The van der Waals surface area contributed by atoms with E-state index in [4.69, 9.17) is 11.6 Å². The fraction of sp³-hybridized carbons (Fsp3) is 0.538. The Balaban J connectivity index is 1.82. The van der Waals surface area contributed by atoms with Crippen LogP contribution in [0.5, 0.6) is 0 Å². The molecule has 1 aromatic rings. The van der Waals surface area contributed by atoms with E-state index in [0.29, 0.717) is 25.0 Å². The van der Waals surface area contributed by atoms with Crippen molar-refractivity contribution in [3.05, 3.63) is 33.1 Å². The first-order valence-electron chi connectivity index (χ1n) is 6.89. The number of hydrogen-bond donors (Lipinski definition) is 1. The monoisotopic (exact) mass is 310 g/mol. The van der Waals surface area contributed by atoms with Crippen LogP contribution in [0.1, 0.15) is 23.2 Å². The molecular weight excluding hydrogens is 296 g/mol. The van der Waals surface area contributed by atoms with Crippen molar-refractivity contribution in [2.24, 2.45) is 5.92 Å². The summed E-state index contributed by atoms with van der Waals surface area (Å²) in [5.41, 5.74) is -0.123. The van der Waals surface area contributed by atoms with Gasteiger partial charge in [0.15, 0.2) is 0 Å². The van der Waals surface area contributed by atoms with Gasteiger partial charge >= 0.3 is 0 Å². The number of aromatic nitrogens is 1. The lowest BCUT2D eigenvalue weighted by Crippen LogP contribution is -2.41. The number of hydrogen-bond acceptors (Lipinski definition) is 5. The van der Waals surface area contributed by atoms with Gasteiger partial charge < -0.3 is 10.2 Å². The molecule has 1 amide bonds. The minimum atomic E-state index is -0.578. The first-order valence-corrected chi connectivity index (χ1v) is 7.26. The first kappa shape index (κ1) is 14.2. The average molecular weight is 311 g/mol. The number of piperidine rings is 1. The number of amides is 1. The Hall–Kier alpha value is -1.73. The minimum Gasteiger partial charge on any atom is -0.337 e. The molecule has 1 aromatic heterocycles. The summed E-state index contributed by atoms with van der Waals surface area (Å²) < 4.78 is 0. The highest BCUT2D eigenvalue weighted by Gasteiger charge is 2.37. The highest BCUT2D eigenvalue weighted by atomic mass is 35.5. The summed E-state index contributed by atoms with van der Waals surface area (Å²) >= 11 is 5.93. The number of rotatable bonds is 2. The fourth-order valence-corrected chi connectivity index (χ4v) is 3.25. The summed E-state index contributed by atoms with van der Waals surface area (Å²) in [6.07, 6.45) is 3.27. The van der Waals surface area contributed by atoms with Gasteiger partial charge in [0.05, 0.1) is 10.5 Å². The number of fused-ring (bicyclic) bond motifs is 1. The molecule has 0 aliphatic carbocycles.